The second-order valence-corrected chi connectivity index (χ2v) is 3.40. The number of allylic oxidation sites excluding steroid dienone is 1. The molecule has 70 valence electrons. The van der Waals surface area contributed by atoms with Gasteiger partial charge in [-0.3, -0.25) is 0 Å². The smallest absolute Gasteiger partial charge is 0.117 e. The van der Waals surface area contributed by atoms with E-state index in [2.05, 4.69) is 23.1 Å². The summed E-state index contributed by atoms with van der Waals surface area (Å²) in [6.45, 7) is 1.82. The van der Waals surface area contributed by atoms with Crippen molar-refractivity contribution in [3.05, 3.63) is 47.7 Å². The Morgan fingerprint density at radius 3 is 2.79 bits per heavy atom. The molecule has 1 aliphatic heterocycles. The van der Waals surface area contributed by atoms with Gasteiger partial charge in [-0.25, -0.2) is 0 Å². The van der Waals surface area contributed by atoms with Crippen LogP contribution in [0.1, 0.15) is 12.0 Å². The molecule has 0 unspecified atom stereocenters. The average molecular weight is 184 g/mol. The van der Waals surface area contributed by atoms with Crippen molar-refractivity contribution in [1.82, 2.24) is 4.90 Å². The fourth-order valence-corrected chi connectivity index (χ4v) is 1.69. The van der Waals surface area contributed by atoms with Gasteiger partial charge in [-0.15, -0.1) is 0 Å². The highest BCUT2D eigenvalue weighted by Crippen LogP contribution is 2.17. The van der Waals surface area contributed by atoms with Crippen LogP contribution < -0.4 is 0 Å². The number of nitriles is 1. The van der Waals surface area contributed by atoms with Crippen molar-refractivity contribution in [2.75, 3.05) is 6.54 Å². The highest BCUT2D eigenvalue weighted by atomic mass is 15.1. The van der Waals surface area contributed by atoms with Crippen molar-refractivity contribution < 1.29 is 0 Å². The molecule has 0 amide bonds. The van der Waals surface area contributed by atoms with Crippen LogP contribution in [-0.2, 0) is 6.54 Å². The summed E-state index contributed by atoms with van der Waals surface area (Å²) in [6.07, 6.45) is 3.00. The molecule has 0 saturated heterocycles. The SMILES string of the molecule is N#CC1=CCCN1Cc1ccccc1. The third kappa shape index (κ3) is 1.77. The molecule has 2 heteroatoms. The van der Waals surface area contributed by atoms with Crippen molar-refractivity contribution in [3.8, 4) is 6.07 Å². The van der Waals surface area contributed by atoms with Crippen LogP contribution in [0, 0.1) is 11.3 Å². The third-order valence-corrected chi connectivity index (χ3v) is 2.41. The fraction of sp³-hybridized carbons (Fsp3) is 0.250. The first-order valence-corrected chi connectivity index (χ1v) is 4.79. The van der Waals surface area contributed by atoms with Crippen molar-refractivity contribution >= 4 is 0 Å². The zero-order valence-corrected chi connectivity index (χ0v) is 7.98. The van der Waals surface area contributed by atoms with Crippen LogP contribution in [0.5, 0.6) is 0 Å². The summed E-state index contributed by atoms with van der Waals surface area (Å²) in [5, 5.41) is 8.85. The molecule has 14 heavy (non-hydrogen) atoms. The maximum Gasteiger partial charge on any atom is 0.117 e. The first-order valence-electron chi connectivity index (χ1n) is 4.79. The Kier molecular flexibility index (Phi) is 2.51. The van der Waals surface area contributed by atoms with Gasteiger partial charge in [0, 0.05) is 13.1 Å². The molecule has 1 heterocycles. The van der Waals surface area contributed by atoms with E-state index in [1.165, 1.54) is 5.56 Å². The van der Waals surface area contributed by atoms with Crippen LogP contribution in [0.4, 0.5) is 0 Å². The van der Waals surface area contributed by atoms with E-state index in [9.17, 15) is 0 Å². The topological polar surface area (TPSA) is 27.0 Å². The van der Waals surface area contributed by atoms with E-state index in [0.29, 0.717) is 0 Å². The molecule has 0 spiro atoms. The standard InChI is InChI=1S/C12H12N2/c13-9-12-7-4-8-14(12)10-11-5-2-1-3-6-11/h1-3,5-7H,4,8,10H2. The number of hydrogen-bond acceptors (Lipinski definition) is 2. The average Bonchev–Trinajstić information content (AvgIpc) is 2.67. The molecule has 0 atom stereocenters. The minimum atomic E-state index is 0.814. The van der Waals surface area contributed by atoms with Crippen molar-refractivity contribution in [2.45, 2.75) is 13.0 Å². The van der Waals surface area contributed by atoms with Gasteiger partial charge in [0.25, 0.3) is 0 Å². The molecular weight excluding hydrogens is 172 g/mol. The van der Waals surface area contributed by atoms with E-state index in [4.69, 9.17) is 5.26 Å². The molecule has 1 aliphatic rings. The second kappa shape index (κ2) is 3.97. The van der Waals surface area contributed by atoms with Crippen molar-refractivity contribution in [3.63, 3.8) is 0 Å². The van der Waals surface area contributed by atoms with Gasteiger partial charge >= 0.3 is 0 Å². The summed E-state index contributed by atoms with van der Waals surface area (Å²) in [5.41, 5.74) is 2.07. The number of nitrogens with zero attached hydrogens (tertiary/aromatic N) is 2. The first kappa shape index (κ1) is 8.83. The van der Waals surface area contributed by atoms with Crippen LogP contribution in [0.15, 0.2) is 42.1 Å². The lowest BCUT2D eigenvalue weighted by Crippen LogP contribution is -2.18. The summed E-state index contributed by atoms with van der Waals surface area (Å²) in [5.74, 6) is 0. The number of hydrogen-bond donors (Lipinski definition) is 0. The Hall–Kier alpha value is -1.75. The van der Waals surface area contributed by atoms with Gasteiger partial charge in [-0.2, -0.15) is 5.26 Å². The summed E-state index contributed by atoms with van der Waals surface area (Å²) in [7, 11) is 0. The maximum absolute atomic E-state index is 8.85. The highest BCUT2D eigenvalue weighted by Gasteiger charge is 2.13. The molecule has 2 nitrogen and oxygen atoms in total. The lowest BCUT2D eigenvalue weighted by atomic mass is 10.2. The highest BCUT2D eigenvalue weighted by molar-refractivity contribution is 5.25. The molecule has 0 fully saturated rings. The first-order chi connectivity index (χ1) is 6.90. The van der Waals surface area contributed by atoms with Crippen molar-refractivity contribution in [1.29, 1.82) is 5.26 Å². The quantitative estimate of drug-likeness (QED) is 0.705. The number of benzene rings is 1. The van der Waals surface area contributed by atoms with Gasteiger partial charge in [0.2, 0.25) is 0 Å². The minimum absolute atomic E-state index is 0.814. The van der Waals surface area contributed by atoms with Gasteiger partial charge in [-0.1, -0.05) is 30.3 Å². The monoisotopic (exact) mass is 184 g/mol. The van der Waals surface area contributed by atoms with Crippen LogP contribution in [0.25, 0.3) is 0 Å². The van der Waals surface area contributed by atoms with Gasteiger partial charge < -0.3 is 4.90 Å². The van der Waals surface area contributed by atoms with Gasteiger partial charge in [-0.05, 0) is 18.1 Å². The summed E-state index contributed by atoms with van der Waals surface area (Å²) in [4.78, 5) is 2.12. The fourth-order valence-electron chi connectivity index (χ4n) is 1.69. The molecule has 1 aromatic rings. The largest absolute Gasteiger partial charge is 0.359 e. The normalized spacial score (nSPS) is 15.1. The Labute approximate surface area is 84.1 Å². The molecular formula is C12H12N2. The molecule has 0 aromatic heterocycles. The molecule has 0 radical (unpaired) electrons. The van der Waals surface area contributed by atoms with Gasteiger partial charge in [0.15, 0.2) is 0 Å². The predicted octanol–water partition coefficient (Wildman–Crippen LogP) is 2.30. The zero-order valence-electron chi connectivity index (χ0n) is 7.98. The second-order valence-electron chi connectivity index (χ2n) is 3.40. The molecule has 2 rings (SSSR count). The Morgan fingerprint density at radius 1 is 1.29 bits per heavy atom. The van der Waals surface area contributed by atoms with Gasteiger partial charge in [0.05, 0.1) is 0 Å². The van der Waals surface area contributed by atoms with E-state index in [0.717, 1.165) is 25.2 Å². The molecule has 0 aliphatic carbocycles. The zero-order chi connectivity index (χ0) is 9.80. The van der Waals surface area contributed by atoms with Crippen LogP contribution in [0.3, 0.4) is 0 Å². The third-order valence-electron chi connectivity index (χ3n) is 2.41. The molecule has 1 aromatic carbocycles. The van der Waals surface area contributed by atoms with E-state index < -0.39 is 0 Å². The Morgan fingerprint density at radius 2 is 2.07 bits per heavy atom. The Balaban J connectivity index is 2.06. The van der Waals surface area contributed by atoms with Crippen LogP contribution in [0.2, 0.25) is 0 Å². The summed E-state index contributed by atoms with van der Waals surface area (Å²) < 4.78 is 0. The molecule has 0 bridgehead atoms. The molecule has 0 N–H and O–H groups in total. The predicted molar refractivity (Wildman–Crippen MR) is 55.2 cm³/mol. The van der Waals surface area contributed by atoms with E-state index in [1.54, 1.807) is 0 Å². The maximum atomic E-state index is 8.85. The minimum Gasteiger partial charge on any atom is -0.359 e. The van der Waals surface area contributed by atoms with E-state index in [-0.39, 0.29) is 0 Å². The van der Waals surface area contributed by atoms with Crippen LogP contribution in [-0.4, -0.2) is 11.4 Å². The molecule has 0 saturated carbocycles. The van der Waals surface area contributed by atoms with Crippen molar-refractivity contribution in [2.24, 2.45) is 0 Å². The van der Waals surface area contributed by atoms with Crippen LogP contribution >= 0.6 is 0 Å². The Bertz CT molecular complexity index is 373. The summed E-state index contributed by atoms with van der Waals surface area (Å²) in [6, 6.07) is 12.5. The number of rotatable bonds is 2. The van der Waals surface area contributed by atoms with E-state index >= 15 is 0 Å². The summed E-state index contributed by atoms with van der Waals surface area (Å²) >= 11 is 0. The van der Waals surface area contributed by atoms with Gasteiger partial charge in [0.1, 0.15) is 11.8 Å². The lowest BCUT2D eigenvalue weighted by molar-refractivity contribution is 0.381. The van der Waals surface area contributed by atoms with E-state index in [1.807, 2.05) is 24.3 Å². The lowest BCUT2D eigenvalue weighted by Gasteiger charge is -2.17.